The van der Waals surface area contributed by atoms with Gasteiger partial charge in [-0.3, -0.25) is 4.79 Å². The van der Waals surface area contributed by atoms with Crippen LogP contribution >= 0.6 is 0 Å². The van der Waals surface area contributed by atoms with Gasteiger partial charge in [0.2, 0.25) is 0 Å². The summed E-state index contributed by atoms with van der Waals surface area (Å²) in [6.07, 6.45) is -3.72. The van der Waals surface area contributed by atoms with E-state index in [2.05, 4.69) is 5.32 Å². The van der Waals surface area contributed by atoms with Crippen LogP contribution in [0.4, 0.5) is 13.2 Å². The number of halogens is 3. The largest absolute Gasteiger partial charge is 0.393 e. The molecule has 1 aliphatic heterocycles. The van der Waals surface area contributed by atoms with Crippen LogP contribution in [0.1, 0.15) is 19.8 Å². The zero-order valence-corrected chi connectivity index (χ0v) is 7.32. The van der Waals surface area contributed by atoms with Gasteiger partial charge >= 0.3 is 6.18 Å². The van der Waals surface area contributed by atoms with Gasteiger partial charge in [-0.05, 0) is 26.3 Å². The normalized spacial score (nSPS) is 30.2. The van der Waals surface area contributed by atoms with Crippen LogP contribution in [0, 0.1) is 5.92 Å². The fourth-order valence-corrected chi connectivity index (χ4v) is 1.67. The van der Waals surface area contributed by atoms with Gasteiger partial charge in [-0.2, -0.15) is 13.2 Å². The highest BCUT2D eigenvalue weighted by Gasteiger charge is 2.46. The van der Waals surface area contributed by atoms with Gasteiger partial charge in [0.25, 0.3) is 0 Å². The monoisotopic (exact) mass is 195 g/mol. The first-order valence-corrected chi connectivity index (χ1v) is 4.23. The molecule has 0 aromatic carbocycles. The minimum absolute atomic E-state index is 0.0563. The maximum absolute atomic E-state index is 12.4. The van der Waals surface area contributed by atoms with Gasteiger partial charge in [-0.15, -0.1) is 0 Å². The van der Waals surface area contributed by atoms with Crippen molar-refractivity contribution in [2.45, 2.75) is 32.0 Å². The van der Waals surface area contributed by atoms with Crippen LogP contribution in [-0.4, -0.2) is 24.5 Å². The van der Waals surface area contributed by atoms with Crippen LogP contribution in [0.2, 0.25) is 0 Å². The zero-order chi connectivity index (χ0) is 10.1. The number of carbonyl (C=O) groups is 1. The summed E-state index contributed by atoms with van der Waals surface area (Å²) in [5.74, 6) is -1.93. The molecule has 2 nitrogen and oxygen atoms in total. The predicted molar refractivity (Wildman–Crippen MR) is 41.3 cm³/mol. The predicted octanol–water partition coefficient (Wildman–Crippen LogP) is 1.51. The number of nitrogens with one attached hydrogen (secondary N) is 1. The Morgan fingerprint density at radius 3 is 2.46 bits per heavy atom. The summed E-state index contributed by atoms with van der Waals surface area (Å²) < 4.78 is 37.1. The van der Waals surface area contributed by atoms with E-state index in [1.165, 1.54) is 6.92 Å². The van der Waals surface area contributed by atoms with Crippen molar-refractivity contribution in [1.29, 1.82) is 0 Å². The van der Waals surface area contributed by atoms with E-state index < -0.39 is 23.9 Å². The molecule has 1 aliphatic rings. The third kappa shape index (κ3) is 2.43. The Morgan fingerprint density at radius 1 is 1.46 bits per heavy atom. The van der Waals surface area contributed by atoms with E-state index in [-0.39, 0.29) is 6.42 Å². The van der Waals surface area contributed by atoms with Crippen LogP contribution in [0.25, 0.3) is 0 Å². The Morgan fingerprint density at radius 2 is 2.08 bits per heavy atom. The van der Waals surface area contributed by atoms with E-state index in [1.807, 2.05) is 0 Å². The summed E-state index contributed by atoms with van der Waals surface area (Å²) in [7, 11) is 0. The fraction of sp³-hybridized carbons (Fsp3) is 0.875. The highest BCUT2D eigenvalue weighted by atomic mass is 19.4. The molecule has 13 heavy (non-hydrogen) atoms. The van der Waals surface area contributed by atoms with Crippen molar-refractivity contribution in [3.63, 3.8) is 0 Å². The molecule has 0 spiro atoms. The van der Waals surface area contributed by atoms with Gasteiger partial charge in [0.15, 0.2) is 0 Å². The number of alkyl halides is 3. The van der Waals surface area contributed by atoms with Crippen molar-refractivity contribution in [2.24, 2.45) is 5.92 Å². The van der Waals surface area contributed by atoms with Crippen LogP contribution in [-0.2, 0) is 4.79 Å². The third-order valence-corrected chi connectivity index (χ3v) is 2.32. The first-order valence-electron chi connectivity index (χ1n) is 4.23. The number of piperidine rings is 1. The van der Waals surface area contributed by atoms with E-state index in [9.17, 15) is 18.0 Å². The fourth-order valence-electron chi connectivity index (χ4n) is 1.67. The molecule has 76 valence electrons. The van der Waals surface area contributed by atoms with E-state index >= 15 is 0 Å². The highest BCUT2D eigenvalue weighted by Crippen LogP contribution is 2.34. The van der Waals surface area contributed by atoms with E-state index in [0.717, 1.165) is 0 Å². The summed E-state index contributed by atoms with van der Waals surface area (Å²) in [5.41, 5.74) is 0. The summed E-state index contributed by atoms with van der Waals surface area (Å²) >= 11 is 0. The molecule has 0 bridgehead atoms. The molecule has 5 heteroatoms. The van der Waals surface area contributed by atoms with Gasteiger partial charge in [0.1, 0.15) is 5.78 Å². The zero-order valence-electron chi connectivity index (χ0n) is 7.32. The summed E-state index contributed by atoms with van der Waals surface area (Å²) in [6.45, 7) is 1.69. The van der Waals surface area contributed by atoms with Crippen LogP contribution in [0.15, 0.2) is 0 Å². The lowest BCUT2D eigenvalue weighted by Crippen LogP contribution is -2.51. The molecule has 1 saturated heterocycles. The highest BCUT2D eigenvalue weighted by molar-refractivity contribution is 5.82. The average molecular weight is 195 g/mol. The number of carbonyl (C=O) groups excluding carboxylic acids is 1. The lowest BCUT2D eigenvalue weighted by atomic mass is 9.88. The molecule has 1 fully saturated rings. The maximum Gasteiger partial charge on any atom is 0.393 e. The number of Topliss-reactive ketones (excluding diaryl/α,β-unsaturated/α-hetero) is 1. The first kappa shape index (κ1) is 10.5. The van der Waals surface area contributed by atoms with Gasteiger partial charge in [-0.1, -0.05) is 0 Å². The number of hydrogen-bond acceptors (Lipinski definition) is 2. The second-order valence-electron chi connectivity index (χ2n) is 3.33. The standard InChI is InChI=1S/C8H12F3NO/c1-5(13)7-6(8(9,10)11)3-2-4-12-7/h6-7,12H,2-4H2,1H3. The summed E-state index contributed by atoms with van der Waals surface area (Å²) in [4.78, 5) is 10.9. The van der Waals surface area contributed by atoms with E-state index in [1.54, 1.807) is 0 Å². The van der Waals surface area contributed by atoms with Crippen molar-refractivity contribution in [3.05, 3.63) is 0 Å². The molecule has 1 N–H and O–H groups in total. The molecular formula is C8H12F3NO. The third-order valence-electron chi connectivity index (χ3n) is 2.32. The molecule has 2 atom stereocenters. The average Bonchev–Trinajstić information content (AvgIpc) is 2.03. The molecule has 0 saturated carbocycles. The van der Waals surface area contributed by atoms with Crippen molar-refractivity contribution in [2.75, 3.05) is 6.54 Å². The number of rotatable bonds is 1. The van der Waals surface area contributed by atoms with Crippen molar-refractivity contribution < 1.29 is 18.0 Å². The second-order valence-corrected chi connectivity index (χ2v) is 3.33. The van der Waals surface area contributed by atoms with Crippen molar-refractivity contribution in [3.8, 4) is 0 Å². The molecule has 0 aliphatic carbocycles. The first-order chi connectivity index (χ1) is 5.93. The van der Waals surface area contributed by atoms with Gasteiger partial charge < -0.3 is 5.32 Å². The van der Waals surface area contributed by atoms with Gasteiger partial charge in [0.05, 0.1) is 12.0 Å². The smallest absolute Gasteiger partial charge is 0.307 e. The molecular weight excluding hydrogens is 183 g/mol. The van der Waals surface area contributed by atoms with E-state index in [0.29, 0.717) is 13.0 Å². The minimum Gasteiger partial charge on any atom is -0.307 e. The molecule has 1 rings (SSSR count). The minimum atomic E-state index is -4.26. The topological polar surface area (TPSA) is 29.1 Å². The SMILES string of the molecule is CC(=O)C1NCCCC1C(F)(F)F. The number of hydrogen-bond donors (Lipinski definition) is 1. The Bertz CT molecular complexity index is 202. The van der Waals surface area contributed by atoms with Crippen LogP contribution in [0.5, 0.6) is 0 Å². The maximum atomic E-state index is 12.4. The summed E-state index contributed by atoms with van der Waals surface area (Å²) in [5, 5.41) is 2.61. The van der Waals surface area contributed by atoms with Gasteiger partial charge in [0, 0.05) is 0 Å². The molecule has 0 amide bonds. The van der Waals surface area contributed by atoms with E-state index in [4.69, 9.17) is 0 Å². The molecule has 1 heterocycles. The van der Waals surface area contributed by atoms with Crippen LogP contribution < -0.4 is 5.32 Å². The van der Waals surface area contributed by atoms with Gasteiger partial charge in [-0.25, -0.2) is 0 Å². The number of ketones is 1. The Hall–Kier alpha value is -0.580. The van der Waals surface area contributed by atoms with Crippen LogP contribution in [0.3, 0.4) is 0 Å². The lowest BCUT2D eigenvalue weighted by molar-refractivity contribution is -0.189. The quantitative estimate of drug-likeness (QED) is 0.687. The Labute approximate surface area is 74.5 Å². The van der Waals surface area contributed by atoms with Crippen molar-refractivity contribution >= 4 is 5.78 Å². The van der Waals surface area contributed by atoms with Crippen molar-refractivity contribution in [1.82, 2.24) is 5.32 Å². The molecule has 2 unspecified atom stereocenters. The Balaban J connectivity index is 2.73. The summed E-state index contributed by atoms with van der Waals surface area (Å²) in [6, 6.07) is -1.03. The molecule has 0 radical (unpaired) electrons. The lowest BCUT2D eigenvalue weighted by Gasteiger charge is -2.32. The second kappa shape index (κ2) is 3.65. The Kier molecular flexibility index (Phi) is 2.95. The molecule has 0 aromatic rings. The molecule has 0 aromatic heterocycles.